The first-order chi connectivity index (χ1) is 13.6. The molecule has 0 unspecified atom stereocenters. The number of amides is 1. The average Bonchev–Trinajstić information content (AvgIpc) is 3.32. The van der Waals surface area contributed by atoms with E-state index < -0.39 is 0 Å². The molecule has 2 aromatic heterocycles. The zero-order chi connectivity index (χ0) is 19.7. The molecule has 146 valence electrons. The maximum Gasteiger partial charge on any atom is 0.272 e. The predicted molar refractivity (Wildman–Crippen MR) is 103 cm³/mol. The van der Waals surface area contributed by atoms with Gasteiger partial charge in [-0.3, -0.25) is 4.79 Å². The molecule has 1 saturated heterocycles. The smallest absolute Gasteiger partial charge is 0.272 e. The first-order valence-corrected chi connectivity index (χ1v) is 9.27. The van der Waals surface area contributed by atoms with Crippen molar-refractivity contribution in [3.05, 3.63) is 53.5 Å². The highest BCUT2D eigenvalue weighted by atomic mass is 16.5. The second-order valence-corrected chi connectivity index (χ2v) is 7.11. The number of methoxy groups -OCH3 is 2. The standard InChI is InChI=1S/C21H23N3O4/c1-13-8-15(28-23-13)9-14-11-24(12-20(14)27-3)21(25)18-10-19(26-2)16-6-4-5-7-17(16)22-18/h4-8,10,14,20H,9,11-12H2,1-3H3/t14-,20+/m1/s1. The van der Waals surface area contributed by atoms with E-state index in [0.29, 0.717) is 31.0 Å². The topological polar surface area (TPSA) is 77.7 Å². The summed E-state index contributed by atoms with van der Waals surface area (Å²) in [7, 11) is 3.27. The Hall–Kier alpha value is -2.93. The lowest BCUT2D eigenvalue weighted by atomic mass is 10.0. The van der Waals surface area contributed by atoms with Crippen LogP contribution in [0.5, 0.6) is 5.75 Å². The van der Waals surface area contributed by atoms with Gasteiger partial charge in [0, 0.05) is 50.1 Å². The van der Waals surface area contributed by atoms with Crippen molar-refractivity contribution in [2.24, 2.45) is 5.92 Å². The SMILES string of the molecule is COc1cc(C(=O)N2C[C@@H](Cc3cc(C)no3)[C@@H](OC)C2)nc2ccccc12. The first kappa shape index (κ1) is 18.4. The molecule has 0 saturated carbocycles. The Balaban J connectivity index is 1.57. The Kier molecular flexibility index (Phi) is 5.00. The van der Waals surface area contributed by atoms with E-state index in [4.69, 9.17) is 14.0 Å². The summed E-state index contributed by atoms with van der Waals surface area (Å²) in [5, 5.41) is 4.82. The largest absolute Gasteiger partial charge is 0.496 e. The fraction of sp³-hybridized carbons (Fsp3) is 0.381. The van der Waals surface area contributed by atoms with E-state index in [1.807, 2.05) is 37.3 Å². The fourth-order valence-corrected chi connectivity index (χ4v) is 3.83. The second kappa shape index (κ2) is 7.59. The molecule has 1 aliphatic rings. The number of para-hydroxylation sites is 1. The minimum Gasteiger partial charge on any atom is -0.496 e. The summed E-state index contributed by atoms with van der Waals surface area (Å²) < 4.78 is 16.4. The molecule has 28 heavy (non-hydrogen) atoms. The van der Waals surface area contributed by atoms with E-state index in [2.05, 4.69) is 10.1 Å². The van der Waals surface area contributed by atoms with Gasteiger partial charge in [0.2, 0.25) is 0 Å². The summed E-state index contributed by atoms with van der Waals surface area (Å²) in [5.41, 5.74) is 1.96. The van der Waals surface area contributed by atoms with Gasteiger partial charge in [-0.2, -0.15) is 0 Å². The molecule has 1 aliphatic heterocycles. The molecule has 1 amide bonds. The maximum absolute atomic E-state index is 13.1. The van der Waals surface area contributed by atoms with Crippen LogP contribution in [0.3, 0.4) is 0 Å². The summed E-state index contributed by atoms with van der Waals surface area (Å²) >= 11 is 0. The molecule has 7 heteroatoms. The summed E-state index contributed by atoms with van der Waals surface area (Å²) in [6, 6.07) is 11.3. The number of hydrogen-bond donors (Lipinski definition) is 0. The quantitative estimate of drug-likeness (QED) is 0.676. The number of carbonyl (C=O) groups excluding carboxylic acids is 1. The van der Waals surface area contributed by atoms with Crippen molar-refractivity contribution in [2.45, 2.75) is 19.4 Å². The summed E-state index contributed by atoms with van der Waals surface area (Å²) in [5.74, 6) is 1.47. The van der Waals surface area contributed by atoms with Gasteiger partial charge in [-0.25, -0.2) is 4.98 Å². The van der Waals surface area contributed by atoms with Crippen LogP contribution in [0.25, 0.3) is 10.9 Å². The molecule has 0 aliphatic carbocycles. The van der Waals surface area contributed by atoms with E-state index in [-0.39, 0.29) is 17.9 Å². The number of carbonyl (C=O) groups is 1. The van der Waals surface area contributed by atoms with Crippen LogP contribution in [0.2, 0.25) is 0 Å². The molecule has 0 bridgehead atoms. The third-order valence-electron chi connectivity index (χ3n) is 5.23. The van der Waals surface area contributed by atoms with Gasteiger partial charge in [0.25, 0.3) is 5.91 Å². The zero-order valence-corrected chi connectivity index (χ0v) is 16.2. The van der Waals surface area contributed by atoms with Crippen LogP contribution < -0.4 is 4.74 Å². The second-order valence-electron chi connectivity index (χ2n) is 7.11. The van der Waals surface area contributed by atoms with Crippen molar-refractivity contribution in [3.63, 3.8) is 0 Å². The van der Waals surface area contributed by atoms with Gasteiger partial charge in [-0.05, 0) is 19.1 Å². The number of nitrogens with zero attached hydrogens (tertiary/aromatic N) is 3. The minimum atomic E-state index is -0.123. The number of ether oxygens (including phenoxy) is 2. The fourth-order valence-electron chi connectivity index (χ4n) is 3.83. The lowest BCUT2D eigenvalue weighted by Gasteiger charge is -2.16. The zero-order valence-electron chi connectivity index (χ0n) is 16.2. The summed E-state index contributed by atoms with van der Waals surface area (Å²) in [6.07, 6.45) is 0.620. The van der Waals surface area contributed by atoms with Gasteiger partial charge in [0.05, 0.1) is 24.4 Å². The highest BCUT2D eigenvalue weighted by Crippen LogP contribution is 2.28. The molecule has 3 heterocycles. The van der Waals surface area contributed by atoms with Crippen LogP contribution >= 0.6 is 0 Å². The van der Waals surface area contributed by atoms with Gasteiger partial charge in [-0.1, -0.05) is 17.3 Å². The van der Waals surface area contributed by atoms with Gasteiger partial charge < -0.3 is 18.9 Å². The van der Waals surface area contributed by atoms with E-state index in [1.54, 1.807) is 25.2 Å². The Morgan fingerprint density at radius 1 is 1.25 bits per heavy atom. The maximum atomic E-state index is 13.1. The van der Waals surface area contributed by atoms with Gasteiger partial charge in [-0.15, -0.1) is 0 Å². The Bertz CT molecular complexity index is 1000. The van der Waals surface area contributed by atoms with Crippen molar-refractivity contribution < 1.29 is 18.8 Å². The number of fused-ring (bicyclic) bond motifs is 1. The third kappa shape index (κ3) is 3.45. The molecule has 2 atom stereocenters. The molecular weight excluding hydrogens is 358 g/mol. The van der Waals surface area contributed by atoms with E-state index in [1.165, 1.54) is 0 Å². The molecule has 4 rings (SSSR count). The molecule has 0 N–H and O–H groups in total. The molecule has 0 radical (unpaired) electrons. The highest BCUT2D eigenvalue weighted by molar-refractivity contribution is 5.97. The minimum absolute atomic E-state index is 0.0586. The average molecular weight is 381 g/mol. The molecule has 0 spiro atoms. The Labute approximate surface area is 163 Å². The van der Waals surface area contributed by atoms with E-state index in [9.17, 15) is 4.79 Å². The van der Waals surface area contributed by atoms with Crippen LogP contribution in [0.15, 0.2) is 40.9 Å². The number of pyridine rings is 1. The lowest BCUT2D eigenvalue weighted by molar-refractivity contribution is 0.0669. The normalized spacial score (nSPS) is 19.3. The number of likely N-dealkylation sites (tertiary alicyclic amines) is 1. The van der Waals surface area contributed by atoms with E-state index in [0.717, 1.165) is 22.4 Å². The molecule has 1 fully saturated rings. The van der Waals surface area contributed by atoms with Crippen molar-refractivity contribution >= 4 is 16.8 Å². The van der Waals surface area contributed by atoms with Crippen molar-refractivity contribution in [3.8, 4) is 5.75 Å². The summed E-state index contributed by atoms with van der Waals surface area (Å²) in [4.78, 5) is 19.5. The van der Waals surface area contributed by atoms with E-state index >= 15 is 0 Å². The van der Waals surface area contributed by atoms with Crippen LogP contribution in [-0.2, 0) is 11.2 Å². The van der Waals surface area contributed by atoms with Crippen LogP contribution in [0.4, 0.5) is 0 Å². The number of aryl methyl sites for hydroxylation is 1. The number of hydrogen-bond acceptors (Lipinski definition) is 6. The predicted octanol–water partition coefficient (Wildman–Crippen LogP) is 2.87. The van der Waals surface area contributed by atoms with Crippen molar-refractivity contribution in [1.82, 2.24) is 15.0 Å². The van der Waals surface area contributed by atoms with Gasteiger partial charge in [0.1, 0.15) is 17.2 Å². The first-order valence-electron chi connectivity index (χ1n) is 9.27. The third-order valence-corrected chi connectivity index (χ3v) is 5.23. The van der Waals surface area contributed by atoms with Crippen LogP contribution in [-0.4, -0.2) is 54.4 Å². The van der Waals surface area contributed by atoms with Crippen LogP contribution in [0, 0.1) is 12.8 Å². The molecule has 1 aromatic carbocycles. The summed E-state index contributed by atoms with van der Waals surface area (Å²) in [6.45, 7) is 2.99. The number of benzene rings is 1. The molecular formula is C21H23N3O4. The van der Waals surface area contributed by atoms with Gasteiger partial charge in [0.15, 0.2) is 0 Å². The Morgan fingerprint density at radius 3 is 2.79 bits per heavy atom. The van der Waals surface area contributed by atoms with Crippen molar-refractivity contribution in [2.75, 3.05) is 27.3 Å². The van der Waals surface area contributed by atoms with Crippen LogP contribution in [0.1, 0.15) is 21.9 Å². The Morgan fingerprint density at radius 2 is 2.07 bits per heavy atom. The number of rotatable bonds is 5. The molecule has 7 nitrogen and oxygen atoms in total. The highest BCUT2D eigenvalue weighted by Gasteiger charge is 2.37. The molecule has 3 aromatic rings. The lowest BCUT2D eigenvalue weighted by Crippen LogP contribution is -2.30. The van der Waals surface area contributed by atoms with Gasteiger partial charge >= 0.3 is 0 Å². The number of aromatic nitrogens is 2. The van der Waals surface area contributed by atoms with Crippen molar-refractivity contribution in [1.29, 1.82) is 0 Å². The monoisotopic (exact) mass is 381 g/mol.